The fourth-order valence-electron chi connectivity index (χ4n) is 4.21. The number of piperazine rings is 1. The number of aromatic nitrogens is 4. The number of hydrogen-bond donors (Lipinski definition) is 1. The van der Waals surface area contributed by atoms with Gasteiger partial charge in [-0.3, -0.25) is 4.98 Å². The lowest BCUT2D eigenvalue weighted by atomic mass is 10.2. The smallest absolute Gasteiger partial charge is 0.334 e. The van der Waals surface area contributed by atoms with Crippen LogP contribution in [0.3, 0.4) is 0 Å². The van der Waals surface area contributed by atoms with Crippen LogP contribution in [0.1, 0.15) is 38.7 Å². The quantitative estimate of drug-likeness (QED) is 0.515. The monoisotopic (exact) mass is 488 g/mol. The molecule has 3 heterocycles. The first-order valence-electron chi connectivity index (χ1n) is 11.8. The second-order valence-corrected chi connectivity index (χ2v) is 10.4. The molecule has 184 valence electrons. The van der Waals surface area contributed by atoms with Crippen LogP contribution in [0, 0.1) is 0 Å². The predicted octanol–water partition coefficient (Wildman–Crippen LogP) is 1.93. The third-order valence-corrected chi connectivity index (χ3v) is 7.94. The van der Waals surface area contributed by atoms with Crippen molar-refractivity contribution in [3.8, 4) is 17.1 Å². The van der Waals surface area contributed by atoms with Gasteiger partial charge in [0.1, 0.15) is 17.4 Å². The van der Waals surface area contributed by atoms with Crippen molar-refractivity contribution in [2.75, 3.05) is 39.8 Å². The van der Waals surface area contributed by atoms with Gasteiger partial charge in [-0.25, -0.2) is 27.6 Å². The summed E-state index contributed by atoms with van der Waals surface area (Å²) in [5.74, 6) is 1.37. The van der Waals surface area contributed by atoms with Gasteiger partial charge in [0.15, 0.2) is 5.65 Å². The first kappa shape index (κ1) is 24.4. The number of imidazole rings is 1. The summed E-state index contributed by atoms with van der Waals surface area (Å²) >= 11 is 0. The minimum Gasteiger partial charge on any atom is -0.493 e. The van der Waals surface area contributed by atoms with Crippen LogP contribution in [-0.4, -0.2) is 76.8 Å². The Hall–Kier alpha value is -2.76. The Morgan fingerprint density at radius 2 is 1.82 bits per heavy atom. The number of rotatable bonds is 8. The van der Waals surface area contributed by atoms with Gasteiger partial charge in [-0.05, 0) is 38.6 Å². The number of sulfonamides is 1. The molecular formula is C23H32N6O4S. The lowest BCUT2D eigenvalue weighted by molar-refractivity contribution is 0.222. The van der Waals surface area contributed by atoms with Gasteiger partial charge >= 0.3 is 5.69 Å². The molecule has 10 nitrogen and oxygen atoms in total. The van der Waals surface area contributed by atoms with Crippen molar-refractivity contribution in [2.24, 2.45) is 0 Å². The van der Waals surface area contributed by atoms with Crippen LogP contribution >= 0.6 is 0 Å². The van der Waals surface area contributed by atoms with E-state index in [2.05, 4.69) is 14.9 Å². The SMILES string of the molecule is CCCc1nc(CC)n2c(=O)[nH]c(-c3cc(S(=O)(=O)N4CCN(C)CC4)ccc3OCC)nc12. The summed E-state index contributed by atoms with van der Waals surface area (Å²) in [6, 6.07) is 4.73. The van der Waals surface area contributed by atoms with Crippen molar-refractivity contribution >= 4 is 15.7 Å². The van der Waals surface area contributed by atoms with E-state index in [-0.39, 0.29) is 16.4 Å². The van der Waals surface area contributed by atoms with Gasteiger partial charge in [0.05, 0.1) is 22.8 Å². The van der Waals surface area contributed by atoms with Crippen LogP contribution in [0.2, 0.25) is 0 Å². The fraction of sp³-hybridized carbons (Fsp3) is 0.522. The third-order valence-electron chi connectivity index (χ3n) is 6.05. The Kier molecular flexibility index (Phi) is 7.06. The summed E-state index contributed by atoms with van der Waals surface area (Å²) in [7, 11) is -1.73. The predicted molar refractivity (Wildman–Crippen MR) is 130 cm³/mol. The minimum atomic E-state index is -3.70. The number of nitrogens with zero attached hydrogens (tertiary/aromatic N) is 5. The molecule has 0 radical (unpaired) electrons. The Morgan fingerprint density at radius 3 is 2.47 bits per heavy atom. The highest BCUT2D eigenvalue weighted by molar-refractivity contribution is 7.89. The van der Waals surface area contributed by atoms with E-state index >= 15 is 0 Å². The minimum absolute atomic E-state index is 0.148. The first-order chi connectivity index (χ1) is 16.3. The number of fused-ring (bicyclic) bond motifs is 1. The maximum absolute atomic E-state index is 13.4. The largest absolute Gasteiger partial charge is 0.493 e. The normalized spacial score (nSPS) is 15.8. The number of nitrogens with one attached hydrogen (secondary N) is 1. The zero-order valence-electron chi connectivity index (χ0n) is 20.2. The molecule has 0 atom stereocenters. The van der Waals surface area contributed by atoms with Crippen LogP contribution in [-0.2, 0) is 22.9 Å². The van der Waals surface area contributed by atoms with Gasteiger partial charge in [-0.1, -0.05) is 20.3 Å². The molecule has 3 aromatic rings. The molecule has 1 fully saturated rings. The van der Waals surface area contributed by atoms with Gasteiger partial charge in [-0.15, -0.1) is 0 Å². The number of benzene rings is 1. The molecule has 4 rings (SSSR count). The van der Waals surface area contributed by atoms with Crippen molar-refractivity contribution in [1.29, 1.82) is 0 Å². The Morgan fingerprint density at radius 1 is 1.09 bits per heavy atom. The number of aryl methyl sites for hydroxylation is 2. The van der Waals surface area contributed by atoms with Crippen molar-refractivity contribution in [1.82, 2.24) is 28.6 Å². The summed E-state index contributed by atoms with van der Waals surface area (Å²) in [6.07, 6.45) is 2.15. The fourth-order valence-corrected chi connectivity index (χ4v) is 5.66. The summed E-state index contributed by atoms with van der Waals surface area (Å²) < 4.78 is 35.5. The number of H-pyrrole nitrogens is 1. The van der Waals surface area contributed by atoms with Crippen LogP contribution < -0.4 is 10.4 Å². The van der Waals surface area contributed by atoms with Crippen molar-refractivity contribution < 1.29 is 13.2 Å². The number of hydrogen-bond acceptors (Lipinski definition) is 7. The highest BCUT2D eigenvalue weighted by atomic mass is 32.2. The van der Waals surface area contributed by atoms with E-state index in [1.807, 2.05) is 27.8 Å². The van der Waals surface area contributed by atoms with Crippen LogP contribution in [0.4, 0.5) is 0 Å². The molecule has 1 saturated heterocycles. The molecule has 1 aliphatic rings. The van der Waals surface area contributed by atoms with Crippen molar-refractivity contribution in [2.45, 2.75) is 44.9 Å². The molecule has 0 bridgehead atoms. The zero-order valence-corrected chi connectivity index (χ0v) is 21.0. The van der Waals surface area contributed by atoms with Crippen molar-refractivity contribution in [3.63, 3.8) is 0 Å². The average Bonchev–Trinajstić information content (AvgIpc) is 3.18. The van der Waals surface area contributed by atoms with E-state index in [4.69, 9.17) is 9.72 Å². The molecular weight excluding hydrogens is 456 g/mol. The molecule has 0 unspecified atom stereocenters. The Labute approximate surface area is 199 Å². The lowest BCUT2D eigenvalue weighted by Crippen LogP contribution is -2.47. The summed E-state index contributed by atoms with van der Waals surface area (Å²) in [5, 5.41) is 0. The molecule has 1 N–H and O–H groups in total. The van der Waals surface area contributed by atoms with Crippen LogP contribution in [0.25, 0.3) is 17.0 Å². The summed E-state index contributed by atoms with van der Waals surface area (Å²) in [4.78, 5) is 27.5. The third kappa shape index (κ3) is 4.47. The molecule has 0 saturated carbocycles. The van der Waals surface area contributed by atoms with E-state index in [0.29, 0.717) is 68.4 Å². The summed E-state index contributed by atoms with van der Waals surface area (Å²) in [6.45, 7) is 8.44. The molecule has 34 heavy (non-hydrogen) atoms. The van der Waals surface area contributed by atoms with Crippen LogP contribution in [0.15, 0.2) is 27.9 Å². The zero-order chi connectivity index (χ0) is 24.5. The molecule has 0 aliphatic carbocycles. The van der Waals surface area contributed by atoms with E-state index < -0.39 is 10.0 Å². The Balaban J connectivity index is 1.86. The topological polar surface area (TPSA) is 113 Å². The second kappa shape index (κ2) is 9.85. The Bertz CT molecular complexity index is 1340. The molecule has 11 heteroatoms. The van der Waals surface area contributed by atoms with Crippen LogP contribution in [0.5, 0.6) is 5.75 Å². The number of aromatic amines is 1. The van der Waals surface area contributed by atoms with Gasteiger partial charge in [0.2, 0.25) is 10.0 Å². The number of ether oxygens (including phenoxy) is 1. The van der Waals surface area contributed by atoms with Crippen molar-refractivity contribution in [3.05, 3.63) is 40.2 Å². The summed E-state index contributed by atoms with van der Waals surface area (Å²) in [5.41, 5.74) is 1.32. The maximum Gasteiger partial charge on any atom is 0.334 e. The van der Waals surface area contributed by atoms with E-state index in [1.165, 1.54) is 8.71 Å². The average molecular weight is 489 g/mol. The van der Waals surface area contributed by atoms with E-state index in [0.717, 1.165) is 12.1 Å². The first-order valence-corrected chi connectivity index (χ1v) is 13.2. The van der Waals surface area contributed by atoms with Gasteiger partial charge in [0, 0.05) is 32.6 Å². The maximum atomic E-state index is 13.4. The second-order valence-electron chi connectivity index (χ2n) is 8.43. The number of likely N-dealkylation sites (N-methyl/N-ethyl adjacent to an activating group) is 1. The van der Waals surface area contributed by atoms with Gasteiger partial charge < -0.3 is 9.64 Å². The molecule has 0 amide bonds. The highest BCUT2D eigenvalue weighted by Crippen LogP contribution is 2.32. The van der Waals surface area contributed by atoms with Gasteiger partial charge in [0.25, 0.3) is 0 Å². The standard InChI is InChI=1S/C23H32N6O4S/c1-5-8-18-22-25-21(26-23(30)29(22)20(6-2)24-18)17-15-16(9-10-19(17)33-7-3)34(31,32)28-13-11-27(4)12-14-28/h9-10,15H,5-8,11-14H2,1-4H3,(H,25,26,30). The van der Waals surface area contributed by atoms with E-state index in [1.54, 1.807) is 18.2 Å². The molecule has 1 aromatic carbocycles. The highest BCUT2D eigenvalue weighted by Gasteiger charge is 2.29. The molecule has 1 aliphatic heterocycles. The van der Waals surface area contributed by atoms with E-state index in [9.17, 15) is 13.2 Å². The molecule has 0 spiro atoms. The van der Waals surface area contributed by atoms with Gasteiger partial charge in [-0.2, -0.15) is 4.31 Å². The molecule has 2 aromatic heterocycles. The lowest BCUT2D eigenvalue weighted by Gasteiger charge is -2.31.